The van der Waals surface area contributed by atoms with Crippen molar-refractivity contribution in [1.82, 2.24) is 5.32 Å². The molecule has 0 radical (unpaired) electrons. The number of benzene rings is 2. The van der Waals surface area contributed by atoms with Gasteiger partial charge in [0, 0.05) is 13.2 Å². The molecule has 1 N–H and O–H groups in total. The van der Waals surface area contributed by atoms with Crippen LogP contribution in [0.1, 0.15) is 18.9 Å². The molecule has 0 saturated heterocycles. The van der Waals surface area contributed by atoms with Crippen LogP contribution in [0.4, 0.5) is 0 Å². The number of carbonyl (C=O) groups is 1. The Morgan fingerprint density at radius 3 is 2.46 bits per heavy atom. The standard InChI is InChI=1S/C21H25NO4/c1-16-20(26-19-11-6-5-10-18(19)25-16)21(23)22-13-7-14-24-15-12-17-8-3-2-4-9-17/h2-6,8-11,16,20H,7,12-15H2,1H3,(H,22,23)/t16-,20+/m0/s1. The lowest BCUT2D eigenvalue weighted by Gasteiger charge is -2.31. The first-order valence-electron chi connectivity index (χ1n) is 9.06. The van der Waals surface area contributed by atoms with Crippen molar-refractivity contribution >= 4 is 5.91 Å². The van der Waals surface area contributed by atoms with Crippen LogP contribution in [0.2, 0.25) is 0 Å². The minimum atomic E-state index is -0.635. The van der Waals surface area contributed by atoms with E-state index >= 15 is 0 Å². The second kappa shape index (κ2) is 9.25. The highest BCUT2D eigenvalue weighted by Gasteiger charge is 2.33. The molecule has 0 aromatic heterocycles. The second-order valence-electron chi connectivity index (χ2n) is 6.30. The van der Waals surface area contributed by atoms with Gasteiger partial charge in [0.05, 0.1) is 6.61 Å². The summed E-state index contributed by atoms with van der Waals surface area (Å²) in [6.45, 7) is 3.70. The topological polar surface area (TPSA) is 56.8 Å². The van der Waals surface area contributed by atoms with Crippen LogP contribution in [-0.4, -0.2) is 37.9 Å². The fraction of sp³-hybridized carbons (Fsp3) is 0.381. The van der Waals surface area contributed by atoms with Crippen LogP contribution in [0.25, 0.3) is 0 Å². The minimum Gasteiger partial charge on any atom is -0.482 e. The van der Waals surface area contributed by atoms with E-state index in [0.717, 1.165) is 12.8 Å². The molecule has 2 atom stereocenters. The molecule has 0 saturated carbocycles. The summed E-state index contributed by atoms with van der Waals surface area (Å²) >= 11 is 0. The molecular weight excluding hydrogens is 330 g/mol. The Morgan fingerprint density at radius 1 is 1.00 bits per heavy atom. The Bertz CT molecular complexity index is 704. The molecule has 1 heterocycles. The van der Waals surface area contributed by atoms with Crippen LogP contribution in [0, 0.1) is 0 Å². The molecule has 5 nitrogen and oxygen atoms in total. The van der Waals surface area contributed by atoms with Crippen molar-refractivity contribution in [1.29, 1.82) is 0 Å². The van der Waals surface area contributed by atoms with Crippen molar-refractivity contribution in [3.8, 4) is 11.5 Å². The molecular formula is C21H25NO4. The SMILES string of the molecule is C[C@@H]1Oc2ccccc2O[C@H]1C(=O)NCCCOCCc1ccccc1. The van der Waals surface area contributed by atoms with Gasteiger partial charge in [-0.15, -0.1) is 0 Å². The zero-order valence-corrected chi connectivity index (χ0v) is 15.0. The highest BCUT2D eigenvalue weighted by molar-refractivity contribution is 5.82. The first-order valence-corrected chi connectivity index (χ1v) is 9.06. The number of fused-ring (bicyclic) bond motifs is 1. The van der Waals surface area contributed by atoms with Crippen LogP contribution in [0.5, 0.6) is 11.5 Å². The molecule has 0 spiro atoms. The highest BCUT2D eigenvalue weighted by atomic mass is 16.6. The third-order valence-electron chi connectivity index (χ3n) is 4.24. The number of ether oxygens (including phenoxy) is 3. The van der Waals surface area contributed by atoms with Gasteiger partial charge in [0.25, 0.3) is 5.91 Å². The zero-order chi connectivity index (χ0) is 18.2. The normalized spacial score (nSPS) is 18.3. The summed E-state index contributed by atoms with van der Waals surface area (Å²) in [5.41, 5.74) is 1.27. The number of carbonyl (C=O) groups excluding carboxylic acids is 1. The van der Waals surface area contributed by atoms with E-state index in [4.69, 9.17) is 14.2 Å². The summed E-state index contributed by atoms with van der Waals surface area (Å²) in [5, 5.41) is 2.90. The summed E-state index contributed by atoms with van der Waals surface area (Å²) in [6, 6.07) is 17.6. The predicted octanol–water partition coefficient (Wildman–Crippen LogP) is 2.98. The summed E-state index contributed by atoms with van der Waals surface area (Å²) < 4.78 is 17.2. The molecule has 5 heteroatoms. The summed E-state index contributed by atoms with van der Waals surface area (Å²) in [4.78, 5) is 12.3. The molecule has 0 aliphatic carbocycles. The van der Waals surface area contributed by atoms with Crippen molar-refractivity contribution in [2.45, 2.75) is 32.0 Å². The Labute approximate surface area is 154 Å². The van der Waals surface area contributed by atoms with Gasteiger partial charge in [0.2, 0.25) is 6.10 Å². The van der Waals surface area contributed by atoms with Crippen LogP contribution >= 0.6 is 0 Å². The first-order chi connectivity index (χ1) is 12.7. The molecule has 2 aromatic rings. The molecule has 3 rings (SSSR count). The van der Waals surface area contributed by atoms with Gasteiger partial charge in [-0.05, 0) is 37.5 Å². The highest BCUT2D eigenvalue weighted by Crippen LogP contribution is 2.33. The Kier molecular flexibility index (Phi) is 6.50. The van der Waals surface area contributed by atoms with Gasteiger partial charge in [0.1, 0.15) is 6.10 Å². The van der Waals surface area contributed by atoms with Gasteiger partial charge in [-0.1, -0.05) is 42.5 Å². The number of amides is 1. The maximum absolute atomic E-state index is 12.3. The molecule has 0 bridgehead atoms. The minimum absolute atomic E-state index is 0.156. The Balaban J connectivity index is 1.32. The van der Waals surface area contributed by atoms with Gasteiger partial charge >= 0.3 is 0 Å². The van der Waals surface area contributed by atoms with Crippen molar-refractivity contribution in [3.05, 3.63) is 60.2 Å². The van der Waals surface area contributed by atoms with Gasteiger partial charge in [-0.25, -0.2) is 0 Å². The molecule has 0 fully saturated rings. The molecule has 2 aromatic carbocycles. The fourth-order valence-corrected chi connectivity index (χ4v) is 2.83. The first kappa shape index (κ1) is 18.3. The molecule has 0 unspecified atom stereocenters. The van der Waals surface area contributed by atoms with Crippen molar-refractivity contribution in [2.24, 2.45) is 0 Å². The van der Waals surface area contributed by atoms with E-state index in [-0.39, 0.29) is 12.0 Å². The lowest BCUT2D eigenvalue weighted by atomic mass is 10.1. The Morgan fingerprint density at radius 2 is 1.69 bits per heavy atom. The Hall–Kier alpha value is -2.53. The number of rotatable bonds is 8. The molecule has 138 valence electrons. The van der Waals surface area contributed by atoms with Crippen molar-refractivity contribution in [2.75, 3.05) is 19.8 Å². The summed E-state index contributed by atoms with van der Waals surface area (Å²) in [6.07, 6.45) is 0.701. The number of hydrogen-bond donors (Lipinski definition) is 1. The lowest BCUT2D eigenvalue weighted by molar-refractivity contribution is -0.133. The largest absolute Gasteiger partial charge is 0.482 e. The third-order valence-corrected chi connectivity index (χ3v) is 4.24. The predicted molar refractivity (Wildman–Crippen MR) is 99.5 cm³/mol. The van der Waals surface area contributed by atoms with E-state index in [0.29, 0.717) is 31.3 Å². The second-order valence-corrected chi connectivity index (χ2v) is 6.30. The van der Waals surface area contributed by atoms with Gasteiger partial charge in [-0.3, -0.25) is 4.79 Å². The summed E-state index contributed by atoms with van der Waals surface area (Å²) in [5.74, 6) is 1.13. The van der Waals surface area contributed by atoms with Crippen molar-refractivity contribution in [3.63, 3.8) is 0 Å². The van der Waals surface area contributed by atoms with Crippen LogP contribution in [0.15, 0.2) is 54.6 Å². The van der Waals surface area contributed by atoms with Crippen LogP contribution in [0.3, 0.4) is 0 Å². The van der Waals surface area contributed by atoms with Crippen molar-refractivity contribution < 1.29 is 19.0 Å². The van der Waals surface area contributed by atoms with Crippen LogP contribution in [-0.2, 0) is 16.0 Å². The number of hydrogen-bond acceptors (Lipinski definition) is 4. The maximum atomic E-state index is 12.3. The molecule has 1 aliphatic rings. The zero-order valence-electron chi connectivity index (χ0n) is 15.0. The lowest BCUT2D eigenvalue weighted by Crippen LogP contribution is -2.49. The average molecular weight is 355 g/mol. The van der Waals surface area contributed by atoms with E-state index < -0.39 is 6.10 Å². The van der Waals surface area contributed by atoms with Gasteiger partial charge < -0.3 is 19.5 Å². The molecule has 1 amide bonds. The maximum Gasteiger partial charge on any atom is 0.265 e. The monoisotopic (exact) mass is 355 g/mol. The van der Waals surface area contributed by atoms with E-state index in [2.05, 4.69) is 17.4 Å². The smallest absolute Gasteiger partial charge is 0.265 e. The van der Waals surface area contributed by atoms with E-state index in [1.165, 1.54) is 5.56 Å². The van der Waals surface area contributed by atoms with E-state index in [9.17, 15) is 4.79 Å². The fourth-order valence-electron chi connectivity index (χ4n) is 2.83. The van der Waals surface area contributed by atoms with Gasteiger partial charge in [0.15, 0.2) is 11.5 Å². The number of para-hydroxylation sites is 2. The molecule has 1 aliphatic heterocycles. The van der Waals surface area contributed by atoms with Crippen LogP contribution < -0.4 is 14.8 Å². The summed E-state index contributed by atoms with van der Waals surface area (Å²) in [7, 11) is 0. The van der Waals surface area contributed by atoms with Gasteiger partial charge in [-0.2, -0.15) is 0 Å². The molecule has 26 heavy (non-hydrogen) atoms. The van der Waals surface area contributed by atoms with E-state index in [1.54, 1.807) is 0 Å². The number of nitrogens with one attached hydrogen (secondary N) is 1. The average Bonchev–Trinajstić information content (AvgIpc) is 2.67. The third kappa shape index (κ3) is 4.99. The quantitative estimate of drug-likeness (QED) is 0.740. The van der Waals surface area contributed by atoms with E-state index in [1.807, 2.05) is 49.4 Å².